The summed E-state index contributed by atoms with van der Waals surface area (Å²) in [6.07, 6.45) is 0. The van der Waals surface area contributed by atoms with Crippen LogP contribution in [0.4, 0.5) is 8.78 Å². The second kappa shape index (κ2) is 9.23. The molecular formula is C14H8Br2ClF2NO4S2. The number of hydrogen-bond acceptors (Lipinski definition) is 5. The molecule has 0 fully saturated rings. The van der Waals surface area contributed by atoms with E-state index in [0.717, 1.165) is 24.3 Å². The van der Waals surface area contributed by atoms with Gasteiger partial charge in [0.05, 0.1) is 6.07 Å². The summed E-state index contributed by atoms with van der Waals surface area (Å²) >= 11 is 5.99. The molecule has 0 radical (unpaired) electrons. The van der Waals surface area contributed by atoms with Crippen molar-refractivity contribution in [3.8, 4) is 6.07 Å². The van der Waals surface area contributed by atoms with Gasteiger partial charge in [0.15, 0.2) is 9.84 Å². The second-order valence-corrected chi connectivity index (χ2v) is 10.8. The highest BCUT2D eigenvalue weighted by Gasteiger charge is 2.18. The molecule has 0 saturated heterocycles. The minimum absolute atomic E-state index is 0.442. The molecule has 2 aromatic rings. The molecule has 0 aliphatic carbocycles. The van der Waals surface area contributed by atoms with E-state index in [-0.39, 0.29) is 0 Å². The summed E-state index contributed by atoms with van der Waals surface area (Å²) in [4.78, 5) is -0.949. The molecule has 0 unspecified atom stereocenters. The molecule has 5 nitrogen and oxygen atoms in total. The van der Waals surface area contributed by atoms with E-state index in [4.69, 9.17) is 15.9 Å². The van der Waals surface area contributed by atoms with Gasteiger partial charge < -0.3 is 0 Å². The zero-order valence-electron chi connectivity index (χ0n) is 12.5. The number of sulfone groups is 1. The summed E-state index contributed by atoms with van der Waals surface area (Å²) in [5, 5.41) is 8.25. The molecule has 140 valence electrons. The van der Waals surface area contributed by atoms with E-state index in [1.165, 1.54) is 18.2 Å². The topological polar surface area (TPSA) is 92.1 Å². The van der Waals surface area contributed by atoms with E-state index in [1.807, 2.05) is 0 Å². The zero-order valence-corrected chi connectivity index (χ0v) is 18.0. The number of nitriles is 1. The van der Waals surface area contributed by atoms with Gasteiger partial charge in [-0.25, -0.2) is 25.6 Å². The first-order chi connectivity index (χ1) is 11.9. The van der Waals surface area contributed by atoms with E-state index in [2.05, 4.69) is 31.9 Å². The Labute approximate surface area is 170 Å². The van der Waals surface area contributed by atoms with Crippen LogP contribution in [0.2, 0.25) is 0 Å². The Balaban J connectivity index is 0.000000263. The Hall–Kier alpha value is -1.06. The van der Waals surface area contributed by atoms with Crippen molar-refractivity contribution in [1.29, 1.82) is 5.26 Å². The lowest BCUT2D eigenvalue weighted by Crippen LogP contribution is -2.07. The van der Waals surface area contributed by atoms with Gasteiger partial charge in [0.25, 0.3) is 9.05 Å². The van der Waals surface area contributed by atoms with Gasteiger partial charge in [-0.05, 0) is 36.4 Å². The Kier molecular flexibility index (Phi) is 8.16. The third-order valence-electron chi connectivity index (χ3n) is 2.64. The predicted octanol–water partition coefficient (Wildman–Crippen LogP) is 4.40. The molecule has 2 aromatic carbocycles. The monoisotopic (exact) mass is 549 g/mol. The lowest BCUT2D eigenvalue weighted by atomic mass is 10.3. The third kappa shape index (κ3) is 6.59. The van der Waals surface area contributed by atoms with Gasteiger partial charge in [0.1, 0.15) is 27.2 Å². The highest BCUT2D eigenvalue weighted by Crippen LogP contribution is 2.22. The van der Waals surface area contributed by atoms with E-state index in [9.17, 15) is 25.6 Å². The maximum Gasteiger partial charge on any atom is 0.264 e. The second-order valence-electron chi connectivity index (χ2n) is 4.50. The number of rotatable bonds is 3. The Morgan fingerprint density at radius 1 is 0.923 bits per heavy atom. The van der Waals surface area contributed by atoms with Gasteiger partial charge in [-0.15, -0.1) is 0 Å². The number of benzene rings is 2. The minimum atomic E-state index is -3.97. The first-order valence-electron chi connectivity index (χ1n) is 6.33. The molecule has 0 aliphatic rings. The minimum Gasteiger partial charge on any atom is -0.223 e. The van der Waals surface area contributed by atoms with Gasteiger partial charge in [-0.1, -0.05) is 31.9 Å². The van der Waals surface area contributed by atoms with Crippen LogP contribution < -0.4 is 0 Å². The van der Waals surface area contributed by atoms with Gasteiger partial charge in [0.2, 0.25) is 0 Å². The average molecular weight is 552 g/mol. The molecule has 2 rings (SSSR count). The molecule has 0 saturated carbocycles. The van der Waals surface area contributed by atoms with Crippen molar-refractivity contribution in [3.63, 3.8) is 0 Å². The molecule has 0 heterocycles. The lowest BCUT2D eigenvalue weighted by molar-refractivity contribution is 0.568. The van der Waals surface area contributed by atoms with Crippen LogP contribution in [0.1, 0.15) is 0 Å². The molecule has 0 aromatic heterocycles. The molecule has 0 bridgehead atoms. The van der Waals surface area contributed by atoms with Crippen LogP contribution in [0.25, 0.3) is 0 Å². The quantitative estimate of drug-likeness (QED) is 0.528. The Morgan fingerprint density at radius 2 is 1.35 bits per heavy atom. The summed E-state index contributed by atoms with van der Waals surface area (Å²) < 4.78 is 70.8. The standard InChI is InChI=1S/C8H5BrFNO2S.C6H3BrClFO2S/c9-6-1-2-8(7(10)5-6)14(12,13)4-3-11;7-4-1-2-6(5(9)3-4)12(8,10)11/h1-2,5H,4H2;1-3H. The fourth-order valence-electron chi connectivity index (χ4n) is 1.56. The molecular weight excluding hydrogens is 544 g/mol. The van der Waals surface area contributed by atoms with E-state index in [0.29, 0.717) is 8.95 Å². The first-order valence-corrected chi connectivity index (χ1v) is 11.9. The van der Waals surface area contributed by atoms with Crippen molar-refractivity contribution >= 4 is 61.4 Å². The van der Waals surface area contributed by atoms with Crippen LogP contribution in [0.15, 0.2) is 55.1 Å². The highest BCUT2D eigenvalue weighted by atomic mass is 79.9. The Morgan fingerprint density at radius 3 is 1.69 bits per heavy atom. The summed E-state index contributed by atoms with van der Waals surface area (Å²) in [5.74, 6) is -2.43. The van der Waals surface area contributed by atoms with E-state index < -0.39 is 46.1 Å². The third-order valence-corrected chi connectivity index (χ3v) is 6.49. The number of nitrogens with zero attached hydrogens (tertiary/aromatic N) is 1. The first kappa shape index (κ1) is 23.0. The zero-order chi connectivity index (χ0) is 20.1. The maximum atomic E-state index is 13.2. The average Bonchev–Trinajstić information content (AvgIpc) is 2.45. The Bertz CT molecular complexity index is 1070. The van der Waals surface area contributed by atoms with Crippen molar-refractivity contribution in [2.45, 2.75) is 9.79 Å². The summed E-state index contributed by atoms with van der Waals surface area (Å²) in [5.41, 5.74) is 0. The number of hydrogen-bond donors (Lipinski definition) is 0. The predicted molar refractivity (Wildman–Crippen MR) is 98.9 cm³/mol. The van der Waals surface area contributed by atoms with Crippen molar-refractivity contribution in [2.24, 2.45) is 0 Å². The van der Waals surface area contributed by atoms with Crippen molar-refractivity contribution in [3.05, 3.63) is 57.0 Å². The molecule has 0 N–H and O–H groups in total. The highest BCUT2D eigenvalue weighted by molar-refractivity contribution is 9.10. The van der Waals surface area contributed by atoms with Crippen molar-refractivity contribution in [2.75, 3.05) is 5.75 Å². The van der Waals surface area contributed by atoms with Crippen LogP contribution in [-0.4, -0.2) is 22.6 Å². The molecule has 0 spiro atoms. The smallest absolute Gasteiger partial charge is 0.223 e. The maximum absolute atomic E-state index is 13.2. The fraction of sp³-hybridized carbons (Fsp3) is 0.0714. The SMILES string of the molecule is N#CCS(=O)(=O)c1ccc(Br)cc1F.O=S(=O)(Cl)c1ccc(Br)cc1F. The van der Waals surface area contributed by atoms with Gasteiger partial charge >= 0.3 is 0 Å². The van der Waals surface area contributed by atoms with Crippen molar-refractivity contribution < 1.29 is 25.6 Å². The van der Waals surface area contributed by atoms with Crippen LogP contribution in [0.5, 0.6) is 0 Å². The molecule has 0 amide bonds. The van der Waals surface area contributed by atoms with Gasteiger partial charge in [-0.2, -0.15) is 5.26 Å². The fourth-order valence-corrected chi connectivity index (χ4v) is 4.08. The number of halogens is 5. The molecule has 0 aliphatic heterocycles. The summed E-state index contributed by atoms with van der Waals surface area (Å²) in [6, 6.07) is 8.61. The summed E-state index contributed by atoms with van der Waals surface area (Å²) in [6.45, 7) is 0. The van der Waals surface area contributed by atoms with Gasteiger partial charge in [0, 0.05) is 19.6 Å². The molecule has 26 heavy (non-hydrogen) atoms. The van der Waals surface area contributed by atoms with Crippen molar-refractivity contribution in [1.82, 2.24) is 0 Å². The van der Waals surface area contributed by atoms with Crippen LogP contribution in [0.3, 0.4) is 0 Å². The largest absolute Gasteiger partial charge is 0.264 e. The van der Waals surface area contributed by atoms with Crippen LogP contribution in [0, 0.1) is 23.0 Å². The van der Waals surface area contributed by atoms with Crippen LogP contribution >= 0.6 is 42.5 Å². The van der Waals surface area contributed by atoms with Crippen LogP contribution in [-0.2, 0) is 18.9 Å². The van der Waals surface area contributed by atoms with Gasteiger partial charge in [-0.3, -0.25) is 0 Å². The lowest BCUT2D eigenvalue weighted by Gasteiger charge is -2.01. The van der Waals surface area contributed by atoms with E-state index in [1.54, 1.807) is 0 Å². The molecule has 12 heteroatoms. The summed E-state index contributed by atoms with van der Waals surface area (Å²) in [7, 11) is -2.86. The molecule has 0 atom stereocenters. The normalized spacial score (nSPS) is 11.2. The van der Waals surface area contributed by atoms with E-state index >= 15 is 0 Å².